The molecular formula is C15H25N3. The van der Waals surface area contributed by atoms with Gasteiger partial charge < -0.3 is 5.32 Å². The van der Waals surface area contributed by atoms with E-state index < -0.39 is 0 Å². The van der Waals surface area contributed by atoms with Crippen LogP contribution in [0.3, 0.4) is 0 Å². The van der Waals surface area contributed by atoms with E-state index in [1.807, 2.05) is 12.4 Å². The predicted octanol–water partition coefficient (Wildman–Crippen LogP) is 2.61. The molecular weight excluding hydrogens is 222 g/mol. The quantitative estimate of drug-likeness (QED) is 0.867. The van der Waals surface area contributed by atoms with Crippen molar-refractivity contribution in [1.29, 1.82) is 0 Å². The summed E-state index contributed by atoms with van der Waals surface area (Å²) in [7, 11) is 0. The molecule has 1 aromatic heterocycles. The van der Waals surface area contributed by atoms with Crippen molar-refractivity contribution < 1.29 is 0 Å². The standard InChI is InChI=1S/C15H25N3/c1-3-8-17-15-5-4-11-18(12-15)13(2)14-6-9-16-10-7-14/h6-7,9-10,13,15,17H,3-5,8,11-12H2,1-2H3. The number of hydrogen-bond acceptors (Lipinski definition) is 3. The average molecular weight is 247 g/mol. The van der Waals surface area contributed by atoms with Crippen molar-refractivity contribution in [3.8, 4) is 0 Å². The molecule has 1 fully saturated rings. The van der Waals surface area contributed by atoms with E-state index in [9.17, 15) is 0 Å². The van der Waals surface area contributed by atoms with Gasteiger partial charge in [-0.1, -0.05) is 6.92 Å². The summed E-state index contributed by atoms with van der Waals surface area (Å²) in [6, 6.07) is 5.43. The van der Waals surface area contributed by atoms with Crippen molar-refractivity contribution in [2.75, 3.05) is 19.6 Å². The Morgan fingerprint density at radius 3 is 2.94 bits per heavy atom. The molecule has 0 spiro atoms. The smallest absolute Gasteiger partial charge is 0.0321 e. The van der Waals surface area contributed by atoms with Crippen LogP contribution in [-0.2, 0) is 0 Å². The molecule has 18 heavy (non-hydrogen) atoms. The largest absolute Gasteiger partial charge is 0.313 e. The van der Waals surface area contributed by atoms with E-state index in [1.165, 1.54) is 37.9 Å². The van der Waals surface area contributed by atoms with Crippen LogP contribution in [0.15, 0.2) is 24.5 Å². The van der Waals surface area contributed by atoms with Crippen LogP contribution in [-0.4, -0.2) is 35.6 Å². The van der Waals surface area contributed by atoms with Crippen LogP contribution in [0.2, 0.25) is 0 Å². The van der Waals surface area contributed by atoms with Crippen molar-refractivity contribution in [2.24, 2.45) is 0 Å². The summed E-state index contributed by atoms with van der Waals surface area (Å²) < 4.78 is 0. The monoisotopic (exact) mass is 247 g/mol. The summed E-state index contributed by atoms with van der Waals surface area (Å²) >= 11 is 0. The fourth-order valence-corrected chi connectivity index (χ4v) is 2.73. The molecule has 0 amide bonds. The van der Waals surface area contributed by atoms with Crippen molar-refractivity contribution in [3.05, 3.63) is 30.1 Å². The third-order valence-corrected chi connectivity index (χ3v) is 3.87. The lowest BCUT2D eigenvalue weighted by Gasteiger charge is -2.37. The number of piperidine rings is 1. The van der Waals surface area contributed by atoms with Crippen LogP contribution in [0.4, 0.5) is 0 Å². The lowest BCUT2D eigenvalue weighted by atomic mass is 10.0. The van der Waals surface area contributed by atoms with Crippen molar-refractivity contribution in [3.63, 3.8) is 0 Å². The van der Waals surface area contributed by atoms with Gasteiger partial charge >= 0.3 is 0 Å². The number of likely N-dealkylation sites (tertiary alicyclic amines) is 1. The van der Waals surface area contributed by atoms with E-state index in [2.05, 4.69) is 41.2 Å². The minimum absolute atomic E-state index is 0.499. The number of hydrogen-bond donors (Lipinski definition) is 1. The van der Waals surface area contributed by atoms with Gasteiger partial charge in [0.15, 0.2) is 0 Å². The van der Waals surface area contributed by atoms with Crippen molar-refractivity contribution in [2.45, 2.75) is 45.2 Å². The second-order valence-corrected chi connectivity index (χ2v) is 5.24. The van der Waals surface area contributed by atoms with Crippen molar-refractivity contribution in [1.82, 2.24) is 15.2 Å². The molecule has 0 aromatic carbocycles. The lowest BCUT2D eigenvalue weighted by molar-refractivity contribution is 0.146. The van der Waals surface area contributed by atoms with Gasteiger partial charge in [0, 0.05) is 31.0 Å². The van der Waals surface area contributed by atoms with Gasteiger partial charge in [0.2, 0.25) is 0 Å². The summed E-state index contributed by atoms with van der Waals surface area (Å²) in [6.45, 7) is 8.06. The van der Waals surface area contributed by atoms with Gasteiger partial charge in [-0.3, -0.25) is 9.88 Å². The second-order valence-electron chi connectivity index (χ2n) is 5.24. The van der Waals surface area contributed by atoms with E-state index in [-0.39, 0.29) is 0 Å². The molecule has 1 saturated heterocycles. The van der Waals surface area contributed by atoms with E-state index in [4.69, 9.17) is 0 Å². The lowest BCUT2D eigenvalue weighted by Crippen LogP contribution is -2.46. The Balaban J connectivity index is 1.92. The molecule has 100 valence electrons. The van der Waals surface area contributed by atoms with Crippen LogP contribution in [0, 0.1) is 0 Å². The Labute approximate surface area is 111 Å². The highest BCUT2D eigenvalue weighted by Gasteiger charge is 2.23. The molecule has 3 heteroatoms. The third kappa shape index (κ3) is 3.53. The Bertz CT molecular complexity index is 339. The maximum Gasteiger partial charge on any atom is 0.0321 e. The SMILES string of the molecule is CCCNC1CCCN(C(C)c2ccncc2)C1. The van der Waals surface area contributed by atoms with Crippen LogP contribution in [0.5, 0.6) is 0 Å². The van der Waals surface area contributed by atoms with Crippen molar-refractivity contribution >= 4 is 0 Å². The summed E-state index contributed by atoms with van der Waals surface area (Å²) in [6.07, 6.45) is 7.62. The van der Waals surface area contributed by atoms with Crippen LogP contribution >= 0.6 is 0 Å². The minimum Gasteiger partial charge on any atom is -0.313 e. The van der Waals surface area contributed by atoms with E-state index in [0.717, 1.165) is 6.54 Å². The van der Waals surface area contributed by atoms with Gasteiger partial charge in [-0.05, 0) is 57.0 Å². The Morgan fingerprint density at radius 1 is 1.44 bits per heavy atom. The molecule has 0 bridgehead atoms. The Morgan fingerprint density at radius 2 is 2.22 bits per heavy atom. The van der Waals surface area contributed by atoms with E-state index in [0.29, 0.717) is 12.1 Å². The van der Waals surface area contributed by atoms with E-state index >= 15 is 0 Å². The van der Waals surface area contributed by atoms with Crippen LogP contribution < -0.4 is 5.32 Å². The maximum absolute atomic E-state index is 4.10. The minimum atomic E-state index is 0.499. The van der Waals surface area contributed by atoms with Gasteiger partial charge in [0.1, 0.15) is 0 Å². The topological polar surface area (TPSA) is 28.2 Å². The Kier molecular flexibility index (Phi) is 5.14. The first-order chi connectivity index (χ1) is 8.81. The highest BCUT2D eigenvalue weighted by Crippen LogP contribution is 2.23. The zero-order valence-corrected chi connectivity index (χ0v) is 11.6. The number of nitrogens with zero attached hydrogens (tertiary/aromatic N) is 2. The average Bonchev–Trinajstić information content (AvgIpc) is 2.45. The molecule has 0 radical (unpaired) electrons. The molecule has 3 nitrogen and oxygen atoms in total. The zero-order chi connectivity index (χ0) is 12.8. The van der Waals surface area contributed by atoms with Crippen LogP contribution in [0.25, 0.3) is 0 Å². The van der Waals surface area contributed by atoms with Gasteiger partial charge in [0.05, 0.1) is 0 Å². The summed E-state index contributed by atoms with van der Waals surface area (Å²) in [5.41, 5.74) is 1.38. The zero-order valence-electron chi connectivity index (χ0n) is 11.6. The number of pyridine rings is 1. The summed E-state index contributed by atoms with van der Waals surface area (Å²) in [5.74, 6) is 0. The molecule has 2 heterocycles. The van der Waals surface area contributed by atoms with Gasteiger partial charge in [-0.25, -0.2) is 0 Å². The molecule has 1 aliphatic heterocycles. The normalized spacial score (nSPS) is 22.9. The van der Waals surface area contributed by atoms with Gasteiger partial charge in [0.25, 0.3) is 0 Å². The van der Waals surface area contributed by atoms with Gasteiger partial charge in [-0.2, -0.15) is 0 Å². The first-order valence-corrected chi connectivity index (χ1v) is 7.18. The number of nitrogens with one attached hydrogen (secondary N) is 1. The maximum atomic E-state index is 4.10. The van der Waals surface area contributed by atoms with Gasteiger partial charge in [-0.15, -0.1) is 0 Å². The number of aromatic nitrogens is 1. The molecule has 1 N–H and O–H groups in total. The molecule has 2 unspecified atom stereocenters. The third-order valence-electron chi connectivity index (χ3n) is 3.87. The predicted molar refractivity (Wildman–Crippen MR) is 75.5 cm³/mol. The fourth-order valence-electron chi connectivity index (χ4n) is 2.73. The molecule has 2 atom stereocenters. The van der Waals surface area contributed by atoms with E-state index in [1.54, 1.807) is 0 Å². The number of rotatable bonds is 5. The highest BCUT2D eigenvalue weighted by atomic mass is 15.2. The highest BCUT2D eigenvalue weighted by molar-refractivity contribution is 5.14. The molecule has 1 aromatic rings. The van der Waals surface area contributed by atoms with Crippen LogP contribution in [0.1, 0.15) is 44.7 Å². The molecule has 2 rings (SSSR count). The second kappa shape index (κ2) is 6.86. The first-order valence-electron chi connectivity index (χ1n) is 7.18. The first kappa shape index (κ1) is 13.5. The molecule has 0 aliphatic carbocycles. The molecule has 0 saturated carbocycles. The fraction of sp³-hybridized carbons (Fsp3) is 0.667. The molecule has 1 aliphatic rings. The summed E-state index contributed by atoms with van der Waals surface area (Å²) in [5, 5.41) is 3.65. The Hall–Kier alpha value is -0.930. The summed E-state index contributed by atoms with van der Waals surface area (Å²) in [4.78, 5) is 6.69.